The summed E-state index contributed by atoms with van der Waals surface area (Å²) >= 11 is 6.01. The molecule has 2 atom stereocenters. The maximum Gasteiger partial charge on any atom is 0.225 e. The van der Waals surface area contributed by atoms with E-state index >= 15 is 0 Å². The van der Waals surface area contributed by atoms with Crippen molar-refractivity contribution in [3.63, 3.8) is 0 Å². The molecule has 0 bridgehead atoms. The minimum absolute atomic E-state index is 0.0740. The lowest BCUT2D eigenvalue weighted by molar-refractivity contribution is -0.120. The third-order valence-electron chi connectivity index (χ3n) is 7.01. The highest BCUT2D eigenvalue weighted by Gasteiger charge is 2.30. The summed E-state index contributed by atoms with van der Waals surface area (Å²) in [5.41, 5.74) is 5.31. The van der Waals surface area contributed by atoms with Gasteiger partial charge in [0.2, 0.25) is 5.91 Å². The van der Waals surface area contributed by atoms with Crippen LogP contribution in [0, 0.1) is 13.8 Å². The number of carbonyl (C=O) groups is 1. The van der Waals surface area contributed by atoms with E-state index in [0.29, 0.717) is 21.9 Å². The molecule has 192 valence electrons. The molecule has 2 N–H and O–H groups in total. The summed E-state index contributed by atoms with van der Waals surface area (Å²) in [7, 11) is 0. The van der Waals surface area contributed by atoms with Crippen molar-refractivity contribution in [3.8, 4) is 0 Å². The average Bonchev–Trinajstić information content (AvgIpc) is 3.33. The second kappa shape index (κ2) is 10.5. The van der Waals surface area contributed by atoms with Crippen molar-refractivity contribution >= 4 is 28.5 Å². The normalized spacial score (nSPS) is 13.7. The molecule has 1 aromatic heterocycles. The standard InChI is InChI=1S/C33H30ClNO3/c1-21-9-15-28(22(2)17-21)32(24-7-5-4-6-8-24)35-31(36)19-23-10-16-29-25(18-23)20-30(38-29)33(3,37)26-11-13-27(34)14-12-26/h4-18,20,32,37H,19H2,1-3H3,(H,35,36)/t32-,33?/m0/s1. The second-order valence-corrected chi connectivity index (χ2v) is 10.4. The number of carbonyl (C=O) groups excluding carboxylic acids is 1. The molecule has 0 saturated heterocycles. The molecule has 5 heteroatoms. The summed E-state index contributed by atoms with van der Waals surface area (Å²) in [5.74, 6) is 0.352. The zero-order valence-electron chi connectivity index (χ0n) is 21.7. The lowest BCUT2D eigenvalue weighted by Gasteiger charge is -2.22. The van der Waals surface area contributed by atoms with E-state index in [1.165, 1.54) is 5.56 Å². The number of halogens is 1. The van der Waals surface area contributed by atoms with Crippen LogP contribution in [0.3, 0.4) is 0 Å². The summed E-state index contributed by atoms with van der Waals surface area (Å²) in [6.45, 7) is 5.84. The number of amides is 1. The van der Waals surface area contributed by atoms with Gasteiger partial charge < -0.3 is 14.8 Å². The summed E-state index contributed by atoms with van der Waals surface area (Å²) < 4.78 is 6.00. The Morgan fingerprint density at radius 3 is 2.39 bits per heavy atom. The topological polar surface area (TPSA) is 62.5 Å². The van der Waals surface area contributed by atoms with Crippen LogP contribution in [-0.4, -0.2) is 11.0 Å². The first-order valence-corrected chi connectivity index (χ1v) is 13.0. The first kappa shape index (κ1) is 25.8. The van der Waals surface area contributed by atoms with Crippen molar-refractivity contribution in [1.29, 1.82) is 0 Å². The Bertz CT molecular complexity index is 1590. The van der Waals surface area contributed by atoms with Crippen molar-refractivity contribution in [2.45, 2.75) is 38.8 Å². The van der Waals surface area contributed by atoms with Crippen LogP contribution in [0.2, 0.25) is 5.02 Å². The Labute approximate surface area is 227 Å². The molecule has 5 aromatic rings. The van der Waals surface area contributed by atoms with Crippen molar-refractivity contribution in [2.24, 2.45) is 0 Å². The van der Waals surface area contributed by atoms with Crippen LogP contribution in [0.5, 0.6) is 0 Å². The number of aryl methyl sites for hydroxylation is 2. The SMILES string of the molecule is Cc1ccc([C@@H](NC(=O)Cc2ccc3oc(C(C)(O)c4ccc(Cl)cc4)cc3c2)c2ccccc2)c(C)c1. The van der Waals surface area contributed by atoms with Crippen molar-refractivity contribution < 1.29 is 14.3 Å². The highest BCUT2D eigenvalue weighted by atomic mass is 35.5. The number of hydrogen-bond donors (Lipinski definition) is 2. The van der Waals surface area contributed by atoms with Crippen molar-refractivity contribution in [1.82, 2.24) is 5.32 Å². The molecule has 38 heavy (non-hydrogen) atoms. The molecule has 1 unspecified atom stereocenters. The lowest BCUT2D eigenvalue weighted by Crippen LogP contribution is -2.31. The Kier molecular flexibility index (Phi) is 7.11. The molecule has 0 fully saturated rings. The molecule has 0 aliphatic carbocycles. The van der Waals surface area contributed by atoms with E-state index in [0.717, 1.165) is 27.6 Å². The van der Waals surface area contributed by atoms with E-state index in [1.807, 2.05) is 54.6 Å². The minimum atomic E-state index is -1.32. The van der Waals surface area contributed by atoms with E-state index in [1.54, 1.807) is 31.2 Å². The Morgan fingerprint density at radius 2 is 1.68 bits per heavy atom. The molecule has 1 amide bonds. The average molecular weight is 524 g/mol. The highest BCUT2D eigenvalue weighted by Crippen LogP contribution is 2.34. The third kappa shape index (κ3) is 5.38. The van der Waals surface area contributed by atoms with E-state index in [-0.39, 0.29) is 18.4 Å². The monoisotopic (exact) mass is 523 g/mol. The fraction of sp³-hybridized carbons (Fsp3) is 0.182. The van der Waals surface area contributed by atoms with Gasteiger partial charge in [-0.25, -0.2) is 0 Å². The number of aliphatic hydroxyl groups is 1. The minimum Gasteiger partial charge on any atom is -0.458 e. The summed E-state index contributed by atoms with van der Waals surface area (Å²) in [5, 5.41) is 15.9. The van der Waals surface area contributed by atoms with Gasteiger partial charge in [0.15, 0.2) is 0 Å². The van der Waals surface area contributed by atoms with Gasteiger partial charge in [0.1, 0.15) is 16.9 Å². The van der Waals surface area contributed by atoms with Gasteiger partial charge in [0.25, 0.3) is 0 Å². The Balaban J connectivity index is 1.38. The molecular formula is C33H30ClNO3. The molecule has 4 nitrogen and oxygen atoms in total. The molecule has 0 saturated carbocycles. The summed E-state index contributed by atoms with van der Waals surface area (Å²) in [6.07, 6.45) is 0.221. The third-order valence-corrected chi connectivity index (χ3v) is 7.26. The van der Waals surface area contributed by atoms with Crippen LogP contribution in [0.1, 0.15) is 52.1 Å². The van der Waals surface area contributed by atoms with Crippen LogP contribution in [0.15, 0.2) is 101 Å². The fourth-order valence-corrected chi connectivity index (χ4v) is 5.02. The van der Waals surface area contributed by atoms with Gasteiger partial charge in [-0.1, -0.05) is 83.9 Å². The smallest absolute Gasteiger partial charge is 0.225 e. The van der Waals surface area contributed by atoms with Gasteiger partial charge in [0.05, 0.1) is 12.5 Å². The Hall–Kier alpha value is -3.86. The molecule has 0 spiro atoms. The number of furan rings is 1. The zero-order valence-corrected chi connectivity index (χ0v) is 22.4. The van der Waals surface area contributed by atoms with Crippen LogP contribution >= 0.6 is 11.6 Å². The predicted octanol–water partition coefficient (Wildman–Crippen LogP) is 7.41. The van der Waals surface area contributed by atoms with Gasteiger partial charge in [0, 0.05) is 10.4 Å². The maximum atomic E-state index is 13.3. The van der Waals surface area contributed by atoms with Crippen LogP contribution in [0.4, 0.5) is 0 Å². The van der Waals surface area contributed by atoms with Crippen LogP contribution in [0.25, 0.3) is 11.0 Å². The number of fused-ring (bicyclic) bond motifs is 1. The van der Waals surface area contributed by atoms with Gasteiger partial charge in [-0.15, -0.1) is 0 Å². The maximum absolute atomic E-state index is 13.3. The molecular weight excluding hydrogens is 494 g/mol. The van der Waals surface area contributed by atoms with Gasteiger partial charge in [-0.05, 0) is 78.9 Å². The molecule has 5 rings (SSSR count). The number of hydrogen-bond acceptors (Lipinski definition) is 3. The number of benzene rings is 4. The molecule has 0 aliphatic heterocycles. The van der Waals surface area contributed by atoms with E-state index in [2.05, 4.69) is 37.4 Å². The largest absolute Gasteiger partial charge is 0.458 e. The zero-order chi connectivity index (χ0) is 26.9. The fourth-order valence-electron chi connectivity index (χ4n) is 4.89. The Morgan fingerprint density at radius 1 is 0.947 bits per heavy atom. The first-order valence-electron chi connectivity index (χ1n) is 12.6. The molecule has 4 aromatic carbocycles. The van der Waals surface area contributed by atoms with Gasteiger partial charge in [-0.2, -0.15) is 0 Å². The lowest BCUT2D eigenvalue weighted by atomic mass is 9.93. The summed E-state index contributed by atoms with van der Waals surface area (Å²) in [6, 6.07) is 30.6. The molecule has 0 radical (unpaired) electrons. The van der Waals surface area contributed by atoms with Crippen molar-refractivity contribution in [3.05, 3.63) is 141 Å². The van der Waals surface area contributed by atoms with Gasteiger partial charge in [-0.3, -0.25) is 4.79 Å². The second-order valence-electron chi connectivity index (χ2n) is 10.0. The van der Waals surface area contributed by atoms with Crippen LogP contribution < -0.4 is 5.32 Å². The number of nitrogens with one attached hydrogen (secondary N) is 1. The van der Waals surface area contributed by atoms with E-state index < -0.39 is 5.60 Å². The summed E-state index contributed by atoms with van der Waals surface area (Å²) in [4.78, 5) is 13.3. The molecule has 1 heterocycles. The predicted molar refractivity (Wildman–Crippen MR) is 152 cm³/mol. The van der Waals surface area contributed by atoms with Gasteiger partial charge >= 0.3 is 0 Å². The van der Waals surface area contributed by atoms with Crippen molar-refractivity contribution in [2.75, 3.05) is 0 Å². The highest BCUT2D eigenvalue weighted by molar-refractivity contribution is 6.30. The van der Waals surface area contributed by atoms with Crippen LogP contribution in [-0.2, 0) is 16.8 Å². The molecule has 0 aliphatic rings. The first-order chi connectivity index (χ1) is 18.2. The quantitative estimate of drug-likeness (QED) is 0.233. The number of rotatable bonds is 7. The van der Waals surface area contributed by atoms with E-state index in [4.69, 9.17) is 16.0 Å². The van der Waals surface area contributed by atoms with E-state index in [9.17, 15) is 9.90 Å².